The summed E-state index contributed by atoms with van der Waals surface area (Å²) in [5.74, 6) is -0.00854. The lowest BCUT2D eigenvalue weighted by molar-refractivity contribution is -0.143. The van der Waals surface area contributed by atoms with Gasteiger partial charge in [0.15, 0.2) is 0 Å². The molecule has 584 valence electrons. The predicted molar refractivity (Wildman–Crippen MR) is 439 cm³/mol. The molecule has 1 amide bonds. The summed E-state index contributed by atoms with van der Waals surface area (Å²) in [5, 5.41) is 23.5. The van der Waals surface area contributed by atoms with Gasteiger partial charge in [0.05, 0.1) is 25.4 Å². The Hall–Kier alpha value is -2.18. The molecule has 99 heavy (non-hydrogen) atoms. The number of unbranched alkanes of at least 4 members (excludes halogenated alkanes) is 67. The van der Waals surface area contributed by atoms with Crippen molar-refractivity contribution in [1.29, 1.82) is 0 Å². The number of allylic oxidation sites excluding steroid dienone is 8. The lowest BCUT2D eigenvalue weighted by Gasteiger charge is -2.22. The Labute approximate surface area is 620 Å². The van der Waals surface area contributed by atoms with Crippen LogP contribution in [0.3, 0.4) is 0 Å². The number of nitrogens with one attached hydrogen (secondary N) is 1. The highest BCUT2D eigenvalue weighted by atomic mass is 16.5. The van der Waals surface area contributed by atoms with Gasteiger partial charge in [-0.2, -0.15) is 0 Å². The van der Waals surface area contributed by atoms with Crippen LogP contribution < -0.4 is 5.32 Å². The minimum atomic E-state index is -0.664. The molecule has 2 atom stereocenters. The molecule has 0 radical (unpaired) electrons. The van der Waals surface area contributed by atoms with E-state index in [-0.39, 0.29) is 18.5 Å². The van der Waals surface area contributed by atoms with Gasteiger partial charge in [-0.3, -0.25) is 9.59 Å². The summed E-state index contributed by atoms with van der Waals surface area (Å²) in [6, 6.07) is -0.541. The number of rotatable bonds is 86. The number of amides is 1. The molecule has 0 heterocycles. The molecule has 0 aliphatic carbocycles. The van der Waals surface area contributed by atoms with Crippen LogP contribution in [0, 0.1) is 0 Å². The number of aliphatic hydroxyl groups is 2. The average Bonchev–Trinajstić information content (AvgIpc) is 2.01. The van der Waals surface area contributed by atoms with Crippen LogP contribution in [0.25, 0.3) is 0 Å². The number of carbonyl (C=O) groups excluding carboxylic acids is 2. The highest BCUT2D eigenvalue weighted by Crippen LogP contribution is 2.21. The Bertz CT molecular complexity index is 1650. The van der Waals surface area contributed by atoms with Crippen LogP contribution in [0.2, 0.25) is 0 Å². The molecular weight excluding hydrogens is 1210 g/mol. The molecule has 0 aliphatic heterocycles. The largest absolute Gasteiger partial charge is 0.466 e. The van der Waals surface area contributed by atoms with E-state index in [1.54, 1.807) is 0 Å². The quantitative estimate of drug-likeness (QED) is 0.0320. The Morgan fingerprint density at radius 3 is 0.788 bits per heavy atom. The van der Waals surface area contributed by atoms with Gasteiger partial charge >= 0.3 is 5.97 Å². The van der Waals surface area contributed by atoms with Gasteiger partial charge in [-0.05, 0) is 89.9 Å². The molecule has 0 aromatic heterocycles. The van der Waals surface area contributed by atoms with Crippen molar-refractivity contribution in [2.24, 2.45) is 0 Å². The fourth-order valence-corrected chi connectivity index (χ4v) is 14.5. The molecule has 0 bridgehead atoms. The maximum Gasteiger partial charge on any atom is 0.305 e. The highest BCUT2D eigenvalue weighted by molar-refractivity contribution is 5.76. The minimum absolute atomic E-state index is 0.0174. The Kier molecular flexibility index (Phi) is 86.3. The summed E-state index contributed by atoms with van der Waals surface area (Å²) < 4.78 is 5.52. The van der Waals surface area contributed by atoms with Gasteiger partial charge in [0.1, 0.15) is 0 Å². The first-order chi connectivity index (χ1) is 49.0. The Balaban J connectivity index is 3.35. The molecule has 0 saturated heterocycles. The van der Waals surface area contributed by atoms with E-state index >= 15 is 0 Å². The van der Waals surface area contributed by atoms with Crippen molar-refractivity contribution >= 4 is 11.9 Å². The normalized spacial score (nSPS) is 12.6. The molecule has 0 spiro atoms. The monoisotopic (exact) mass is 1390 g/mol. The van der Waals surface area contributed by atoms with Crippen LogP contribution in [-0.4, -0.2) is 47.4 Å². The van der Waals surface area contributed by atoms with Gasteiger partial charge in [0.2, 0.25) is 5.91 Å². The van der Waals surface area contributed by atoms with E-state index in [1.165, 1.54) is 417 Å². The van der Waals surface area contributed by atoms with E-state index in [0.717, 1.165) is 57.8 Å². The van der Waals surface area contributed by atoms with Crippen LogP contribution in [0.15, 0.2) is 48.6 Å². The summed E-state index contributed by atoms with van der Waals surface area (Å²) in [5.41, 5.74) is 0. The van der Waals surface area contributed by atoms with Gasteiger partial charge in [-0.25, -0.2) is 0 Å². The first-order valence-corrected chi connectivity index (χ1v) is 45.4. The third-order valence-electron chi connectivity index (χ3n) is 21.4. The van der Waals surface area contributed by atoms with E-state index in [4.69, 9.17) is 4.74 Å². The molecule has 2 unspecified atom stereocenters. The molecular formula is C93H177NO5. The molecule has 6 heteroatoms. The third kappa shape index (κ3) is 84.6. The lowest BCUT2D eigenvalue weighted by Crippen LogP contribution is -2.45. The summed E-state index contributed by atoms with van der Waals surface area (Å²) in [6.07, 6.45) is 118. The molecule has 0 saturated carbocycles. The fraction of sp³-hybridized carbons (Fsp3) is 0.892. The van der Waals surface area contributed by atoms with Crippen LogP contribution in [0.1, 0.15) is 508 Å². The zero-order chi connectivity index (χ0) is 71.2. The smallest absolute Gasteiger partial charge is 0.305 e. The molecule has 3 N–H and O–H groups in total. The number of ether oxygens (including phenoxy) is 1. The molecule has 0 rings (SSSR count). The molecule has 0 fully saturated rings. The minimum Gasteiger partial charge on any atom is -0.466 e. The summed E-state index contributed by atoms with van der Waals surface area (Å²) in [6.45, 7) is 4.99. The van der Waals surface area contributed by atoms with E-state index in [2.05, 4.69) is 67.8 Å². The first kappa shape index (κ1) is 96.8. The van der Waals surface area contributed by atoms with Crippen LogP contribution >= 0.6 is 0 Å². The summed E-state index contributed by atoms with van der Waals surface area (Å²) in [7, 11) is 0. The topological polar surface area (TPSA) is 95.9 Å². The zero-order valence-electron chi connectivity index (χ0n) is 67.3. The van der Waals surface area contributed by atoms with E-state index in [9.17, 15) is 19.8 Å². The molecule has 0 aromatic carbocycles. The third-order valence-corrected chi connectivity index (χ3v) is 21.4. The number of esters is 1. The number of hydrogen-bond acceptors (Lipinski definition) is 5. The second-order valence-electron chi connectivity index (χ2n) is 31.3. The maximum atomic E-state index is 12.6. The van der Waals surface area contributed by atoms with Crippen molar-refractivity contribution in [2.45, 2.75) is 520 Å². The van der Waals surface area contributed by atoms with Gasteiger partial charge < -0.3 is 20.3 Å². The Morgan fingerprint density at radius 2 is 0.505 bits per heavy atom. The van der Waals surface area contributed by atoms with E-state index in [1.807, 2.05) is 0 Å². The number of carbonyl (C=O) groups is 2. The zero-order valence-corrected chi connectivity index (χ0v) is 67.3. The molecule has 6 nitrogen and oxygen atoms in total. The highest BCUT2D eigenvalue weighted by Gasteiger charge is 2.20. The number of aliphatic hydroxyl groups excluding tert-OH is 2. The molecule has 0 aromatic rings. The summed E-state index contributed by atoms with van der Waals surface area (Å²) >= 11 is 0. The average molecular weight is 1390 g/mol. The van der Waals surface area contributed by atoms with Gasteiger partial charge in [0, 0.05) is 12.8 Å². The van der Waals surface area contributed by atoms with Gasteiger partial charge in [0.25, 0.3) is 0 Å². The fourth-order valence-electron chi connectivity index (χ4n) is 14.5. The van der Waals surface area contributed by atoms with Crippen molar-refractivity contribution < 1.29 is 24.5 Å². The summed E-state index contributed by atoms with van der Waals surface area (Å²) in [4.78, 5) is 24.7. The lowest BCUT2D eigenvalue weighted by atomic mass is 10.0. The second-order valence-corrected chi connectivity index (χ2v) is 31.3. The van der Waals surface area contributed by atoms with Crippen molar-refractivity contribution in [3.05, 3.63) is 48.6 Å². The van der Waals surface area contributed by atoms with Crippen LogP contribution in [0.4, 0.5) is 0 Å². The SMILES string of the molecule is CCCCC/C=C\C/C=C\CCCCCCCCCCCC(=O)OCCCCCCCCCCCCCCCCC/C=C\C/C=C\CCCCCCCCCCCCCCCCCCCC(=O)NC(CO)C(O)CCCCCCCCCCCCCCCCCCCCCCCCCC. The van der Waals surface area contributed by atoms with Crippen molar-refractivity contribution in [2.75, 3.05) is 13.2 Å². The van der Waals surface area contributed by atoms with Crippen molar-refractivity contribution in [3.8, 4) is 0 Å². The first-order valence-electron chi connectivity index (χ1n) is 45.4. The second kappa shape index (κ2) is 88.2. The Morgan fingerprint density at radius 1 is 0.283 bits per heavy atom. The molecule has 0 aliphatic rings. The van der Waals surface area contributed by atoms with Gasteiger partial charge in [-0.15, -0.1) is 0 Å². The van der Waals surface area contributed by atoms with E-state index < -0.39 is 12.1 Å². The predicted octanol–water partition coefficient (Wildman–Crippen LogP) is 30.7. The maximum absolute atomic E-state index is 12.6. The van der Waals surface area contributed by atoms with Crippen molar-refractivity contribution in [1.82, 2.24) is 5.32 Å². The standard InChI is InChI=1S/C93H177NO5/c1-3-5-7-9-11-13-15-17-19-21-23-24-25-43-46-50-53-57-61-65-69-73-77-81-85-91(96)90(89-95)94-92(97)86-82-78-74-70-66-62-58-54-51-47-44-41-39-37-35-33-31-29-27-26-28-30-32-34-36-38-40-42-45-48-52-56-60-64-68-72-76-80-84-88-99-93(98)87-83-79-75-71-67-63-59-55-49-22-20-18-16-14-12-10-8-6-4-2/h12,14,18,20,26-27,30,32,90-91,95-96H,3-11,13,15-17,19,21-25,28-29,31,33-89H2,1-2H3,(H,94,97)/b14-12-,20-18-,27-26-,32-30-. The van der Waals surface area contributed by atoms with Crippen LogP contribution in [-0.2, 0) is 14.3 Å². The van der Waals surface area contributed by atoms with Crippen molar-refractivity contribution in [3.63, 3.8) is 0 Å². The van der Waals surface area contributed by atoms with E-state index in [0.29, 0.717) is 25.9 Å². The van der Waals surface area contributed by atoms with Crippen LogP contribution in [0.5, 0.6) is 0 Å². The van der Waals surface area contributed by atoms with Gasteiger partial charge in [-0.1, -0.05) is 454 Å². The number of hydrogen-bond donors (Lipinski definition) is 3.